The number of hydrogen-bond donors (Lipinski definition) is 2. The van der Waals surface area contributed by atoms with Crippen LogP contribution in [0.15, 0.2) is 18.2 Å². The summed E-state index contributed by atoms with van der Waals surface area (Å²) in [5.74, 6) is -6.37. The van der Waals surface area contributed by atoms with E-state index in [9.17, 15) is 13.6 Å². The van der Waals surface area contributed by atoms with E-state index >= 15 is 0 Å². The number of aliphatic carboxylic acids is 1. The fourth-order valence-corrected chi connectivity index (χ4v) is 1.64. The first kappa shape index (κ1) is 16.4. The van der Waals surface area contributed by atoms with Crippen LogP contribution in [-0.4, -0.2) is 17.0 Å². The van der Waals surface area contributed by atoms with E-state index in [1.807, 2.05) is 0 Å². The van der Waals surface area contributed by atoms with Gasteiger partial charge in [0.25, 0.3) is 0 Å². The van der Waals surface area contributed by atoms with Crippen molar-refractivity contribution in [2.75, 3.05) is 0 Å². The van der Waals surface area contributed by atoms with E-state index in [0.29, 0.717) is 0 Å². The number of carbonyl (C=O) groups is 1. The molecule has 0 spiro atoms. The fraction of sp³-hybridized carbons (Fsp3) is 0.222. The molecule has 0 heterocycles. The number of hydrogen-bond acceptors (Lipinski definition) is 2. The third-order valence-corrected chi connectivity index (χ3v) is 2.36. The first-order chi connectivity index (χ1) is 7.25. The van der Waals surface area contributed by atoms with Gasteiger partial charge in [0.2, 0.25) is 0 Å². The number of halogens is 5. The average Bonchev–Trinajstić information content (AvgIpc) is 2.14. The third kappa shape index (κ3) is 3.67. The highest BCUT2D eigenvalue weighted by molar-refractivity contribution is 6.34. The van der Waals surface area contributed by atoms with Gasteiger partial charge in [-0.3, -0.25) is 0 Å². The van der Waals surface area contributed by atoms with Gasteiger partial charge in [0.1, 0.15) is 6.04 Å². The molecule has 1 atom stereocenters. The van der Waals surface area contributed by atoms with Gasteiger partial charge in [0, 0.05) is 10.0 Å². The molecular weight excluding hydrogens is 298 g/mol. The highest BCUT2D eigenvalue weighted by Gasteiger charge is 2.46. The van der Waals surface area contributed by atoms with Gasteiger partial charge in [-0.05, 0) is 23.8 Å². The molecule has 0 radical (unpaired) electrons. The first-order valence-electron chi connectivity index (χ1n) is 4.08. The lowest BCUT2D eigenvalue weighted by molar-refractivity contribution is -0.168. The normalized spacial score (nSPS) is 12.8. The molecule has 1 aromatic carbocycles. The molecule has 0 aromatic heterocycles. The Kier molecular flexibility index (Phi) is 5.61. The molecule has 1 aromatic rings. The predicted molar refractivity (Wildman–Crippen MR) is 63.2 cm³/mol. The lowest BCUT2D eigenvalue weighted by Gasteiger charge is -2.19. The van der Waals surface area contributed by atoms with Crippen molar-refractivity contribution in [3.05, 3.63) is 33.8 Å². The summed E-state index contributed by atoms with van der Waals surface area (Å²) < 4.78 is 26.2. The quantitative estimate of drug-likeness (QED) is 0.902. The highest BCUT2D eigenvalue weighted by Crippen LogP contribution is 2.32. The summed E-state index contributed by atoms with van der Waals surface area (Å²) >= 11 is 11.2. The van der Waals surface area contributed by atoms with Gasteiger partial charge in [-0.2, -0.15) is 8.78 Å². The van der Waals surface area contributed by atoms with Crippen molar-refractivity contribution < 1.29 is 18.7 Å². The Balaban J connectivity index is 0.00000256. The lowest BCUT2D eigenvalue weighted by Crippen LogP contribution is -2.40. The molecule has 0 aliphatic rings. The Morgan fingerprint density at radius 2 is 1.71 bits per heavy atom. The minimum atomic E-state index is -4.08. The monoisotopic (exact) mass is 305 g/mol. The van der Waals surface area contributed by atoms with Gasteiger partial charge in [0.05, 0.1) is 0 Å². The van der Waals surface area contributed by atoms with E-state index in [-0.39, 0.29) is 28.0 Å². The van der Waals surface area contributed by atoms with Crippen molar-refractivity contribution in [2.45, 2.75) is 12.0 Å². The number of alkyl halides is 2. The summed E-state index contributed by atoms with van der Waals surface area (Å²) in [5.41, 5.74) is 5.03. The van der Waals surface area contributed by atoms with E-state index in [4.69, 9.17) is 34.0 Å². The zero-order chi connectivity index (χ0) is 12.5. The van der Waals surface area contributed by atoms with Gasteiger partial charge in [0.15, 0.2) is 0 Å². The molecule has 0 saturated carbocycles. The molecule has 0 aliphatic heterocycles. The van der Waals surface area contributed by atoms with Crippen LogP contribution in [0, 0.1) is 0 Å². The van der Waals surface area contributed by atoms with Crippen LogP contribution in [0.5, 0.6) is 0 Å². The smallest absolute Gasteiger partial charge is 0.376 e. The minimum Gasteiger partial charge on any atom is -0.477 e. The second-order valence-electron chi connectivity index (χ2n) is 3.11. The second-order valence-corrected chi connectivity index (χ2v) is 3.98. The number of carboxylic acids is 1. The van der Waals surface area contributed by atoms with E-state index < -0.39 is 17.9 Å². The topological polar surface area (TPSA) is 63.3 Å². The summed E-state index contributed by atoms with van der Waals surface area (Å²) in [6.45, 7) is 0. The molecule has 3 nitrogen and oxygen atoms in total. The maximum absolute atomic E-state index is 13.1. The molecule has 0 saturated heterocycles. The predicted octanol–water partition coefficient (Wildman–Crippen LogP) is 3.13. The molecule has 0 bridgehead atoms. The summed E-state index contributed by atoms with van der Waals surface area (Å²) in [5, 5.41) is 8.54. The Morgan fingerprint density at radius 3 is 2.06 bits per heavy atom. The molecule has 17 heavy (non-hydrogen) atoms. The molecule has 0 fully saturated rings. The van der Waals surface area contributed by atoms with E-state index in [0.717, 1.165) is 12.1 Å². The molecule has 3 N–H and O–H groups in total. The van der Waals surface area contributed by atoms with Crippen molar-refractivity contribution in [1.29, 1.82) is 0 Å². The molecule has 0 amide bonds. The summed E-state index contributed by atoms with van der Waals surface area (Å²) in [7, 11) is 0. The van der Waals surface area contributed by atoms with Crippen LogP contribution in [0.4, 0.5) is 8.78 Å². The third-order valence-electron chi connectivity index (χ3n) is 1.92. The molecule has 1 rings (SSSR count). The van der Waals surface area contributed by atoms with Gasteiger partial charge in [-0.1, -0.05) is 23.2 Å². The van der Waals surface area contributed by atoms with Crippen molar-refractivity contribution in [3.63, 3.8) is 0 Å². The average molecular weight is 307 g/mol. The van der Waals surface area contributed by atoms with Crippen LogP contribution in [0.25, 0.3) is 0 Å². The summed E-state index contributed by atoms with van der Waals surface area (Å²) in [6, 6.07) is 1.63. The molecule has 8 heteroatoms. The van der Waals surface area contributed by atoms with Crippen molar-refractivity contribution in [1.82, 2.24) is 0 Å². The molecular formula is C9H8Cl3F2NO2. The zero-order valence-electron chi connectivity index (χ0n) is 8.16. The maximum atomic E-state index is 13.1. The maximum Gasteiger partial charge on any atom is 0.376 e. The van der Waals surface area contributed by atoms with Crippen molar-refractivity contribution in [2.24, 2.45) is 5.73 Å². The Labute approximate surface area is 112 Å². The second kappa shape index (κ2) is 5.82. The number of nitrogens with two attached hydrogens (primary N) is 1. The summed E-state index contributed by atoms with van der Waals surface area (Å²) in [4.78, 5) is 10.3. The highest BCUT2D eigenvalue weighted by atomic mass is 35.5. The van der Waals surface area contributed by atoms with Crippen molar-refractivity contribution in [3.8, 4) is 0 Å². The minimum absolute atomic E-state index is 0. The SMILES string of the molecule is Cl.NC(c1cc(Cl)cc(Cl)c1)C(F)(F)C(=O)O. The zero-order valence-corrected chi connectivity index (χ0v) is 10.5. The molecule has 1 unspecified atom stereocenters. The van der Waals surface area contributed by atoms with Gasteiger partial charge >= 0.3 is 11.9 Å². The van der Waals surface area contributed by atoms with Gasteiger partial charge in [-0.25, -0.2) is 4.79 Å². The van der Waals surface area contributed by atoms with Crippen LogP contribution in [0.1, 0.15) is 11.6 Å². The first-order valence-corrected chi connectivity index (χ1v) is 4.83. The van der Waals surface area contributed by atoms with Gasteiger partial charge in [-0.15, -0.1) is 12.4 Å². The fourth-order valence-electron chi connectivity index (χ4n) is 1.10. The van der Waals surface area contributed by atoms with Crippen LogP contribution < -0.4 is 5.73 Å². The number of benzene rings is 1. The molecule has 96 valence electrons. The number of rotatable bonds is 3. The number of carboxylic acid groups (broad SMARTS) is 1. The Morgan fingerprint density at radius 1 is 1.29 bits per heavy atom. The Hall–Kier alpha value is -0.620. The van der Waals surface area contributed by atoms with Gasteiger partial charge < -0.3 is 10.8 Å². The van der Waals surface area contributed by atoms with Crippen LogP contribution in [-0.2, 0) is 4.79 Å². The van der Waals surface area contributed by atoms with Crippen molar-refractivity contribution >= 4 is 41.6 Å². The van der Waals surface area contributed by atoms with E-state index in [1.165, 1.54) is 6.07 Å². The van der Waals surface area contributed by atoms with Crippen LogP contribution in [0.3, 0.4) is 0 Å². The summed E-state index contributed by atoms with van der Waals surface area (Å²) in [6.07, 6.45) is 0. The largest absolute Gasteiger partial charge is 0.477 e. The molecule has 0 aliphatic carbocycles. The lowest BCUT2D eigenvalue weighted by atomic mass is 10.0. The Bertz CT molecular complexity index is 408. The van der Waals surface area contributed by atoms with E-state index in [2.05, 4.69) is 0 Å². The van der Waals surface area contributed by atoms with E-state index in [1.54, 1.807) is 0 Å². The standard InChI is InChI=1S/C9H7Cl2F2NO2.ClH/c10-5-1-4(2-6(11)3-5)7(14)9(12,13)8(15)16;/h1-3,7H,14H2,(H,15,16);1H. The van der Waals surface area contributed by atoms with Crippen LogP contribution >= 0.6 is 35.6 Å². The van der Waals surface area contributed by atoms with Crippen LogP contribution in [0.2, 0.25) is 10.0 Å².